The number of nitrogens with one attached hydrogen (secondary N) is 1. The predicted molar refractivity (Wildman–Crippen MR) is 70.8 cm³/mol. The highest BCUT2D eigenvalue weighted by Gasteiger charge is 2.31. The van der Waals surface area contributed by atoms with Gasteiger partial charge in [-0.2, -0.15) is 5.26 Å². The van der Waals surface area contributed by atoms with Crippen molar-refractivity contribution >= 4 is 0 Å². The van der Waals surface area contributed by atoms with Gasteiger partial charge in [0.2, 0.25) is 6.79 Å². The van der Waals surface area contributed by atoms with E-state index in [-0.39, 0.29) is 5.54 Å². The molecule has 1 N–H and O–H groups in total. The van der Waals surface area contributed by atoms with E-state index in [1.165, 1.54) is 6.42 Å². The lowest BCUT2D eigenvalue weighted by Gasteiger charge is -2.31. The van der Waals surface area contributed by atoms with Gasteiger partial charge in [0.15, 0.2) is 11.5 Å². The van der Waals surface area contributed by atoms with E-state index in [1.807, 2.05) is 18.2 Å². The Labute approximate surface area is 113 Å². The first-order valence-electron chi connectivity index (χ1n) is 6.86. The van der Waals surface area contributed by atoms with Crippen LogP contribution in [0.4, 0.5) is 0 Å². The number of benzene rings is 1. The van der Waals surface area contributed by atoms with Gasteiger partial charge in [-0.1, -0.05) is 25.3 Å². The summed E-state index contributed by atoms with van der Waals surface area (Å²) in [4.78, 5) is 0. The second-order valence-corrected chi connectivity index (χ2v) is 5.30. The van der Waals surface area contributed by atoms with Gasteiger partial charge in [0, 0.05) is 6.54 Å². The van der Waals surface area contributed by atoms with Crippen LogP contribution in [-0.2, 0) is 6.54 Å². The highest BCUT2D eigenvalue weighted by atomic mass is 16.7. The van der Waals surface area contributed by atoms with E-state index in [0.717, 1.165) is 42.7 Å². The molecular weight excluding hydrogens is 240 g/mol. The van der Waals surface area contributed by atoms with Crippen molar-refractivity contribution in [3.63, 3.8) is 0 Å². The van der Waals surface area contributed by atoms with Crippen LogP contribution in [0.2, 0.25) is 0 Å². The molecule has 0 saturated heterocycles. The fraction of sp³-hybridized carbons (Fsp3) is 0.533. The minimum atomic E-state index is -0.339. The quantitative estimate of drug-likeness (QED) is 0.905. The fourth-order valence-corrected chi connectivity index (χ4v) is 2.81. The van der Waals surface area contributed by atoms with Crippen LogP contribution in [0.3, 0.4) is 0 Å². The van der Waals surface area contributed by atoms with Crippen molar-refractivity contribution in [1.82, 2.24) is 5.32 Å². The highest BCUT2D eigenvalue weighted by Crippen LogP contribution is 2.33. The topological polar surface area (TPSA) is 54.3 Å². The van der Waals surface area contributed by atoms with Crippen LogP contribution >= 0.6 is 0 Å². The Hall–Kier alpha value is -1.73. The zero-order valence-electron chi connectivity index (χ0n) is 10.9. The summed E-state index contributed by atoms with van der Waals surface area (Å²) in [5.41, 5.74) is 0.790. The Morgan fingerprint density at radius 1 is 1.16 bits per heavy atom. The first-order valence-corrected chi connectivity index (χ1v) is 6.86. The van der Waals surface area contributed by atoms with Crippen molar-refractivity contribution < 1.29 is 9.47 Å². The number of rotatable bonds is 3. The first-order chi connectivity index (χ1) is 9.31. The Bertz CT molecular complexity index is 501. The monoisotopic (exact) mass is 258 g/mol. The maximum Gasteiger partial charge on any atom is 0.231 e. The maximum absolute atomic E-state index is 9.42. The molecule has 0 bridgehead atoms. The van der Waals surface area contributed by atoms with Crippen molar-refractivity contribution in [1.29, 1.82) is 5.26 Å². The minimum Gasteiger partial charge on any atom is -0.454 e. The summed E-state index contributed by atoms with van der Waals surface area (Å²) in [7, 11) is 0. The Morgan fingerprint density at radius 2 is 1.95 bits per heavy atom. The van der Waals surface area contributed by atoms with E-state index in [4.69, 9.17) is 9.47 Å². The van der Waals surface area contributed by atoms with Crippen LogP contribution in [-0.4, -0.2) is 12.3 Å². The SMILES string of the molecule is N#CC1(NCc2ccc3c(c2)OCO3)CCCCC1. The molecule has 19 heavy (non-hydrogen) atoms. The second kappa shape index (κ2) is 5.10. The zero-order valence-corrected chi connectivity index (χ0v) is 10.9. The summed E-state index contributed by atoms with van der Waals surface area (Å²) in [6, 6.07) is 8.41. The minimum absolute atomic E-state index is 0.300. The standard InChI is InChI=1S/C15H18N2O2/c16-10-15(6-2-1-3-7-15)17-9-12-4-5-13-14(8-12)19-11-18-13/h4-5,8,17H,1-3,6-7,9,11H2. The summed E-state index contributed by atoms with van der Waals surface area (Å²) < 4.78 is 10.7. The second-order valence-electron chi connectivity index (χ2n) is 5.30. The molecule has 4 heteroatoms. The average Bonchev–Trinajstić information content (AvgIpc) is 2.93. The molecule has 2 aliphatic rings. The summed E-state index contributed by atoms with van der Waals surface area (Å²) >= 11 is 0. The molecule has 0 aromatic heterocycles. The summed E-state index contributed by atoms with van der Waals surface area (Å²) in [5.74, 6) is 1.60. The number of nitriles is 1. The van der Waals surface area contributed by atoms with Crippen LogP contribution in [0, 0.1) is 11.3 Å². The Kier molecular flexibility index (Phi) is 3.31. The molecule has 0 amide bonds. The predicted octanol–water partition coefficient (Wildman–Crippen LogP) is 2.73. The molecule has 0 unspecified atom stereocenters. The van der Waals surface area contributed by atoms with E-state index in [2.05, 4.69) is 11.4 Å². The maximum atomic E-state index is 9.42. The number of ether oxygens (including phenoxy) is 2. The van der Waals surface area contributed by atoms with Gasteiger partial charge in [-0.05, 0) is 30.5 Å². The van der Waals surface area contributed by atoms with Gasteiger partial charge in [-0.25, -0.2) is 0 Å². The first kappa shape index (κ1) is 12.3. The third-order valence-electron chi connectivity index (χ3n) is 3.99. The third kappa shape index (κ3) is 2.52. The Balaban J connectivity index is 1.67. The third-order valence-corrected chi connectivity index (χ3v) is 3.99. The number of hydrogen-bond acceptors (Lipinski definition) is 4. The normalized spacial score (nSPS) is 19.9. The molecule has 4 nitrogen and oxygen atoms in total. The van der Waals surface area contributed by atoms with Crippen LogP contribution in [0.15, 0.2) is 18.2 Å². The summed E-state index contributed by atoms with van der Waals surface area (Å²) in [5, 5.41) is 12.9. The highest BCUT2D eigenvalue weighted by molar-refractivity contribution is 5.44. The molecule has 1 saturated carbocycles. The largest absolute Gasteiger partial charge is 0.454 e. The van der Waals surface area contributed by atoms with Crippen molar-refractivity contribution in [2.24, 2.45) is 0 Å². The molecular formula is C15H18N2O2. The van der Waals surface area contributed by atoms with Crippen LogP contribution < -0.4 is 14.8 Å². The van der Waals surface area contributed by atoms with Crippen LogP contribution in [0.1, 0.15) is 37.7 Å². The molecule has 1 fully saturated rings. The number of nitrogens with zero attached hydrogens (tertiary/aromatic N) is 1. The van der Waals surface area contributed by atoms with Crippen LogP contribution in [0.5, 0.6) is 11.5 Å². The molecule has 1 aromatic rings. The molecule has 0 atom stereocenters. The van der Waals surface area contributed by atoms with Gasteiger partial charge in [-0.15, -0.1) is 0 Å². The molecule has 0 radical (unpaired) electrons. The molecule has 3 rings (SSSR count). The summed E-state index contributed by atoms with van der Waals surface area (Å²) in [6.45, 7) is 0.999. The van der Waals surface area contributed by atoms with E-state index >= 15 is 0 Å². The average molecular weight is 258 g/mol. The molecule has 100 valence electrons. The van der Waals surface area contributed by atoms with Gasteiger partial charge in [0.25, 0.3) is 0 Å². The molecule has 0 spiro atoms. The van der Waals surface area contributed by atoms with E-state index < -0.39 is 0 Å². The molecule has 1 aliphatic heterocycles. The number of fused-ring (bicyclic) bond motifs is 1. The molecule has 1 aliphatic carbocycles. The zero-order chi connectivity index (χ0) is 13.1. The van der Waals surface area contributed by atoms with E-state index in [0.29, 0.717) is 13.3 Å². The molecule has 1 heterocycles. The molecule has 1 aromatic carbocycles. The van der Waals surface area contributed by atoms with Gasteiger partial charge in [0.05, 0.1) is 6.07 Å². The smallest absolute Gasteiger partial charge is 0.231 e. The van der Waals surface area contributed by atoms with Crippen LogP contribution in [0.25, 0.3) is 0 Å². The number of hydrogen-bond donors (Lipinski definition) is 1. The lowest BCUT2D eigenvalue weighted by molar-refractivity contribution is 0.174. The van der Waals surface area contributed by atoms with Crippen molar-refractivity contribution in [3.8, 4) is 17.6 Å². The van der Waals surface area contributed by atoms with E-state index in [9.17, 15) is 5.26 Å². The summed E-state index contributed by atoms with van der Waals surface area (Å²) in [6.07, 6.45) is 5.43. The Morgan fingerprint density at radius 3 is 2.74 bits per heavy atom. The lowest BCUT2D eigenvalue weighted by atomic mass is 9.83. The van der Waals surface area contributed by atoms with Gasteiger partial charge >= 0.3 is 0 Å². The van der Waals surface area contributed by atoms with Crippen molar-refractivity contribution in [2.45, 2.75) is 44.2 Å². The van der Waals surface area contributed by atoms with Crippen molar-refractivity contribution in [3.05, 3.63) is 23.8 Å². The lowest BCUT2D eigenvalue weighted by Crippen LogP contribution is -2.44. The fourth-order valence-electron chi connectivity index (χ4n) is 2.81. The van der Waals surface area contributed by atoms with Gasteiger partial charge in [-0.3, -0.25) is 5.32 Å². The van der Waals surface area contributed by atoms with Gasteiger partial charge < -0.3 is 9.47 Å². The van der Waals surface area contributed by atoms with Crippen molar-refractivity contribution in [2.75, 3.05) is 6.79 Å². The van der Waals surface area contributed by atoms with E-state index in [1.54, 1.807) is 0 Å². The van der Waals surface area contributed by atoms with Gasteiger partial charge in [0.1, 0.15) is 5.54 Å².